The molecule has 0 bridgehead atoms. The minimum absolute atomic E-state index is 0.00803. The van der Waals surface area contributed by atoms with Crippen LogP contribution in [0.4, 0.5) is 0 Å². The van der Waals surface area contributed by atoms with Gasteiger partial charge in [-0.2, -0.15) is 5.10 Å². The van der Waals surface area contributed by atoms with E-state index in [-0.39, 0.29) is 11.9 Å². The highest BCUT2D eigenvalue weighted by atomic mass is 16.3. The highest BCUT2D eigenvalue weighted by molar-refractivity contribution is 5.96. The van der Waals surface area contributed by atoms with Gasteiger partial charge in [-0.3, -0.25) is 14.5 Å². The van der Waals surface area contributed by atoms with Gasteiger partial charge in [-0.05, 0) is 30.7 Å². The minimum Gasteiger partial charge on any atom is -0.391 e. The predicted molar refractivity (Wildman–Crippen MR) is 97.9 cm³/mol. The van der Waals surface area contributed by atoms with E-state index in [9.17, 15) is 9.90 Å². The first-order valence-corrected chi connectivity index (χ1v) is 9.32. The number of carbonyl (C=O) groups is 1. The van der Waals surface area contributed by atoms with Crippen molar-refractivity contribution < 1.29 is 9.90 Å². The quantitative estimate of drug-likeness (QED) is 0.737. The summed E-state index contributed by atoms with van der Waals surface area (Å²) >= 11 is 0. The Hall–Kier alpha value is -2.74. The van der Waals surface area contributed by atoms with E-state index >= 15 is 0 Å². The van der Waals surface area contributed by atoms with E-state index < -0.39 is 6.10 Å². The number of pyridine rings is 1. The number of carbonyl (C=O) groups excluding carboxylic acids is 1. The number of aromatic nitrogens is 5. The molecule has 8 nitrogen and oxygen atoms in total. The summed E-state index contributed by atoms with van der Waals surface area (Å²) in [6, 6.07) is 1.90. The van der Waals surface area contributed by atoms with Crippen LogP contribution in [0, 0.1) is 11.8 Å². The Balaban J connectivity index is 1.35. The third-order valence-electron chi connectivity index (χ3n) is 6.15. The molecule has 1 N–H and O–H groups in total. The first-order chi connectivity index (χ1) is 13.1. The molecule has 1 aliphatic heterocycles. The molecule has 1 aliphatic carbocycles. The van der Waals surface area contributed by atoms with E-state index in [2.05, 4.69) is 15.1 Å². The average Bonchev–Trinajstić information content (AvgIpc) is 3.40. The molecular formula is C19H22N6O2. The first kappa shape index (κ1) is 16.4. The number of amides is 1. The second-order valence-electron chi connectivity index (χ2n) is 7.74. The standard InChI is InChI=1S/C19H22N6O2/c1-23-16-4-12(7-21-15(16)8-22-23)19(27)25-9-13-5-17(24-3-2-20-11-24)18(26)6-14(13)10-25/h2-4,7-8,11,13-14,17-18,26H,5-6,9-10H2,1H3/t13-,14+,17-,18-/m1/s1. The van der Waals surface area contributed by atoms with Crippen molar-refractivity contribution >= 4 is 16.9 Å². The van der Waals surface area contributed by atoms with E-state index in [0.29, 0.717) is 23.9 Å². The molecular weight excluding hydrogens is 344 g/mol. The molecule has 2 fully saturated rings. The van der Waals surface area contributed by atoms with Crippen LogP contribution in [0.5, 0.6) is 0 Å². The van der Waals surface area contributed by atoms with Crippen molar-refractivity contribution in [3.8, 4) is 0 Å². The van der Waals surface area contributed by atoms with Gasteiger partial charge >= 0.3 is 0 Å². The number of aliphatic hydroxyl groups excluding tert-OH is 1. The number of nitrogens with zero attached hydrogens (tertiary/aromatic N) is 6. The number of hydrogen-bond acceptors (Lipinski definition) is 5. The summed E-state index contributed by atoms with van der Waals surface area (Å²) in [7, 11) is 1.85. The first-order valence-electron chi connectivity index (χ1n) is 9.32. The number of aliphatic hydroxyl groups is 1. The van der Waals surface area contributed by atoms with Gasteiger partial charge < -0.3 is 14.6 Å². The van der Waals surface area contributed by atoms with Gasteiger partial charge in [0.25, 0.3) is 5.91 Å². The molecule has 0 unspecified atom stereocenters. The van der Waals surface area contributed by atoms with E-state index in [4.69, 9.17) is 0 Å². The second kappa shape index (κ2) is 6.16. The average molecular weight is 366 g/mol. The Morgan fingerprint density at radius 1 is 1.22 bits per heavy atom. The molecule has 2 aliphatic rings. The third-order valence-corrected chi connectivity index (χ3v) is 6.15. The molecule has 4 heterocycles. The summed E-state index contributed by atoms with van der Waals surface area (Å²) in [6.07, 6.45) is 9.93. The number of hydrogen-bond donors (Lipinski definition) is 1. The lowest BCUT2D eigenvalue weighted by Crippen LogP contribution is -2.35. The lowest BCUT2D eigenvalue weighted by molar-refractivity contribution is 0.0357. The largest absolute Gasteiger partial charge is 0.391 e. The molecule has 8 heteroatoms. The van der Waals surface area contributed by atoms with Crippen LogP contribution >= 0.6 is 0 Å². The third kappa shape index (κ3) is 2.71. The van der Waals surface area contributed by atoms with Gasteiger partial charge in [0.15, 0.2) is 0 Å². The Bertz CT molecular complexity index is 981. The molecule has 0 aromatic carbocycles. The van der Waals surface area contributed by atoms with Crippen LogP contribution in [0.25, 0.3) is 11.0 Å². The zero-order valence-electron chi connectivity index (χ0n) is 15.1. The van der Waals surface area contributed by atoms with Crippen LogP contribution in [0.1, 0.15) is 29.2 Å². The van der Waals surface area contributed by atoms with Gasteiger partial charge in [0.05, 0.1) is 35.8 Å². The maximum atomic E-state index is 13.0. The van der Waals surface area contributed by atoms with Crippen LogP contribution in [0.3, 0.4) is 0 Å². The van der Waals surface area contributed by atoms with Crippen molar-refractivity contribution in [2.45, 2.75) is 25.0 Å². The summed E-state index contributed by atoms with van der Waals surface area (Å²) in [5.41, 5.74) is 2.24. The zero-order valence-corrected chi connectivity index (χ0v) is 15.1. The van der Waals surface area contributed by atoms with Gasteiger partial charge in [-0.15, -0.1) is 0 Å². The number of aryl methyl sites for hydroxylation is 1. The SMILES string of the molecule is Cn1ncc2ncc(C(=O)N3C[C@H]4C[C@@H](n5ccnc5)[C@H](O)C[C@H]4C3)cc21. The van der Waals surface area contributed by atoms with Gasteiger partial charge in [0.2, 0.25) is 0 Å². The van der Waals surface area contributed by atoms with E-state index in [0.717, 1.165) is 30.4 Å². The van der Waals surface area contributed by atoms with Crippen LogP contribution in [0.2, 0.25) is 0 Å². The van der Waals surface area contributed by atoms with Gasteiger partial charge in [-0.1, -0.05) is 0 Å². The lowest BCUT2D eigenvalue weighted by Gasteiger charge is -2.35. The molecule has 1 saturated carbocycles. The molecule has 4 atom stereocenters. The van der Waals surface area contributed by atoms with E-state index in [1.165, 1.54) is 0 Å². The molecule has 27 heavy (non-hydrogen) atoms. The highest BCUT2D eigenvalue weighted by Crippen LogP contribution is 2.41. The van der Waals surface area contributed by atoms with Crippen molar-refractivity contribution in [3.05, 3.63) is 42.7 Å². The van der Waals surface area contributed by atoms with E-state index in [1.54, 1.807) is 29.6 Å². The smallest absolute Gasteiger partial charge is 0.255 e. The molecule has 5 rings (SSSR count). The Labute approximate surface area is 156 Å². The molecule has 1 amide bonds. The summed E-state index contributed by atoms with van der Waals surface area (Å²) in [4.78, 5) is 23.4. The van der Waals surface area contributed by atoms with Crippen LogP contribution in [0.15, 0.2) is 37.2 Å². The predicted octanol–water partition coefficient (Wildman–Crippen LogP) is 1.25. The highest BCUT2D eigenvalue weighted by Gasteiger charge is 2.43. The zero-order chi connectivity index (χ0) is 18.5. The minimum atomic E-state index is -0.400. The molecule has 140 valence electrons. The number of likely N-dealkylation sites (tertiary alicyclic amines) is 1. The molecule has 0 spiro atoms. The summed E-state index contributed by atoms with van der Waals surface area (Å²) in [6.45, 7) is 1.42. The van der Waals surface area contributed by atoms with Crippen molar-refractivity contribution in [2.24, 2.45) is 18.9 Å². The monoisotopic (exact) mass is 366 g/mol. The van der Waals surface area contributed by atoms with Crippen molar-refractivity contribution in [1.29, 1.82) is 0 Å². The van der Waals surface area contributed by atoms with Gasteiger partial charge in [0.1, 0.15) is 5.52 Å². The summed E-state index contributed by atoms with van der Waals surface area (Å²) in [5.74, 6) is 0.754. The van der Waals surface area contributed by atoms with Crippen LogP contribution in [-0.2, 0) is 7.05 Å². The number of rotatable bonds is 2. The van der Waals surface area contributed by atoms with Gasteiger partial charge in [0, 0.05) is 38.7 Å². The Kier molecular flexibility index (Phi) is 3.75. The van der Waals surface area contributed by atoms with Crippen molar-refractivity contribution in [2.75, 3.05) is 13.1 Å². The Morgan fingerprint density at radius 3 is 2.81 bits per heavy atom. The molecule has 3 aromatic heterocycles. The van der Waals surface area contributed by atoms with E-state index in [1.807, 2.05) is 28.8 Å². The molecule has 3 aromatic rings. The summed E-state index contributed by atoms with van der Waals surface area (Å²) < 4.78 is 3.72. The second-order valence-corrected chi connectivity index (χ2v) is 7.74. The van der Waals surface area contributed by atoms with Crippen LogP contribution < -0.4 is 0 Å². The normalized spacial score (nSPS) is 27.9. The van der Waals surface area contributed by atoms with Crippen molar-refractivity contribution in [3.63, 3.8) is 0 Å². The fourth-order valence-corrected chi connectivity index (χ4v) is 4.68. The number of imidazole rings is 1. The number of fused-ring (bicyclic) bond motifs is 2. The Morgan fingerprint density at radius 2 is 2.04 bits per heavy atom. The fourth-order valence-electron chi connectivity index (χ4n) is 4.68. The molecule has 0 radical (unpaired) electrons. The van der Waals surface area contributed by atoms with Crippen molar-refractivity contribution in [1.82, 2.24) is 29.2 Å². The summed E-state index contributed by atoms with van der Waals surface area (Å²) in [5, 5.41) is 14.8. The molecule has 1 saturated heterocycles. The topological polar surface area (TPSA) is 89.1 Å². The lowest BCUT2D eigenvalue weighted by atomic mass is 9.77. The fraction of sp³-hybridized carbons (Fsp3) is 0.474. The van der Waals surface area contributed by atoms with Gasteiger partial charge in [-0.25, -0.2) is 4.98 Å². The van der Waals surface area contributed by atoms with Crippen LogP contribution in [-0.4, -0.2) is 59.4 Å². The maximum absolute atomic E-state index is 13.0. The maximum Gasteiger partial charge on any atom is 0.255 e.